The van der Waals surface area contributed by atoms with Gasteiger partial charge in [0.05, 0.1) is 47.6 Å². The summed E-state index contributed by atoms with van der Waals surface area (Å²) in [7, 11) is 3.04. The highest BCUT2D eigenvalue weighted by atomic mass is 32.1. The number of cyclic esters (lactones) is 1. The van der Waals surface area contributed by atoms with Gasteiger partial charge >= 0.3 is 12.1 Å². The summed E-state index contributed by atoms with van der Waals surface area (Å²) >= 11 is 1.24. The number of aromatic hydroxyl groups is 1. The van der Waals surface area contributed by atoms with E-state index in [1.165, 1.54) is 30.6 Å². The molecule has 14 heteroatoms. The van der Waals surface area contributed by atoms with Gasteiger partial charge in [0.1, 0.15) is 35.7 Å². The van der Waals surface area contributed by atoms with Crippen LogP contribution in [0.15, 0.2) is 152 Å². The van der Waals surface area contributed by atoms with Crippen molar-refractivity contribution in [2.45, 2.75) is 29.6 Å². The lowest BCUT2D eigenvalue weighted by Gasteiger charge is -2.46. The van der Waals surface area contributed by atoms with Gasteiger partial charge in [-0.1, -0.05) is 108 Å². The van der Waals surface area contributed by atoms with E-state index in [9.17, 15) is 9.90 Å². The number of hydrogen-bond donors (Lipinski definition) is 2. The first-order valence-electron chi connectivity index (χ1n) is 21.5. The summed E-state index contributed by atoms with van der Waals surface area (Å²) in [5, 5.41) is 14.0. The molecule has 1 aromatic heterocycles. The van der Waals surface area contributed by atoms with E-state index in [-0.39, 0.29) is 35.3 Å². The van der Waals surface area contributed by atoms with E-state index < -0.39 is 59.4 Å². The average molecular weight is 911 g/mol. The van der Waals surface area contributed by atoms with Gasteiger partial charge in [0.25, 0.3) is 0 Å². The molecule has 0 radical (unpaired) electrons. The molecular formula is C53H42N4O9S. The van der Waals surface area contributed by atoms with E-state index in [0.717, 1.165) is 15.2 Å². The van der Waals surface area contributed by atoms with Crippen molar-refractivity contribution in [3.8, 4) is 23.3 Å². The molecule has 334 valence electrons. The summed E-state index contributed by atoms with van der Waals surface area (Å²) in [6.07, 6.45) is -1.93. The fourth-order valence-electron chi connectivity index (χ4n) is 9.83. The topological polar surface area (TPSA) is 157 Å². The van der Waals surface area contributed by atoms with Gasteiger partial charge in [0.2, 0.25) is 11.8 Å². The number of nitrogens with zero attached hydrogens (tertiary/aromatic N) is 3. The highest BCUT2D eigenvalue weighted by molar-refractivity contribution is 7.22. The van der Waals surface area contributed by atoms with Crippen molar-refractivity contribution in [3.63, 3.8) is 0 Å². The van der Waals surface area contributed by atoms with Crippen molar-refractivity contribution in [2.24, 2.45) is 5.92 Å². The van der Waals surface area contributed by atoms with Crippen molar-refractivity contribution < 1.29 is 43.2 Å². The third kappa shape index (κ3) is 7.53. The Morgan fingerprint density at radius 2 is 1.45 bits per heavy atom. The molecule has 0 aliphatic carbocycles. The number of phenolic OH excluding ortho intramolecular Hbond substituents is 1. The van der Waals surface area contributed by atoms with Crippen LogP contribution in [0.4, 0.5) is 15.6 Å². The molecule has 3 amide bonds. The van der Waals surface area contributed by atoms with Crippen molar-refractivity contribution in [1.82, 2.24) is 9.88 Å². The number of amides is 3. The van der Waals surface area contributed by atoms with Gasteiger partial charge < -0.3 is 29.4 Å². The molecule has 3 aliphatic heterocycles. The standard InChI is InChI=1S/C53H42N4O9S/c1-63-29-30-65-52(62)56-41-28-21-33(18-17-32-19-26-38(64-2)27-20-32)31-39(41)53(50(56)61)43(48(59)55-51-54-40-15-9-10-16-42(40)67-51)45-49(60)66-46(35-13-7-4-8-14-35)44(34-11-5-3-6-12-34)57(45)47(53)36-22-24-37(58)25-23-36/h3-16,19-28,31,43-47,58H,29-30H2,1-2H3,(H,54,55,59)/t43-,44-,45-,46+,47+,53-/m1/s1. The van der Waals surface area contributed by atoms with Gasteiger partial charge in [-0.05, 0) is 89.0 Å². The molecule has 7 aromatic rings. The Morgan fingerprint density at radius 1 is 0.776 bits per heavy atom. The zero-order valence-corrected chi connectivity index (χ0v) is 37.0. The lowest BCUT2D eigenvalue weighted by Crippen LogP contribution is -2.54. The first-order chi connectivity index (χ1) is 32.7. The van der Waals surface area contributed by atoms with Crippen LogP contribution < -0.4 is 15.0 Å². The minimum absolute atomic E-state index is 0.0464. The van der Waals surface area contributed by atoms with Crippen LogP contribution in [-0.2, 0) is 34.0 Å². The average Bonchev–Trinajstić information content (AvgIpc) is 4.00. The van der Waals surface area contributed by atoms with Crippen LogP contribution in [0.3, 0.4) is 0 Å². The molecule has 0 saturated carbocycles. The maximum Gasteiger partial charge on any atom is 0.421 e. The molecule has 3 aliphatic rings. The molecule has 2 saturated heterocycles. The molecule has 67 heavy (non-hydrogen) atoms. The molecule has 4 heterocycles. The number of thiazole rings is 1. The second-order valence-corrected chi connectivity index (χ2v) is 17.3. The molecule has 1 spiro atoms. The first-order valence-corrected chi connectivity index (χ1v) is 22.4. The minimum atomic E-state index is -2.08. The van der Waals surface area contributed by atoms with Gasteiger partial charge in [0, 0.05) is 18.2 Å². The molecule has 13 nitrogen and oxygen atoms in total. The zero-order chi connectivity index (χ0) is 46.2. The van der Waals surface area contributed by atoms with E-state index in [4.69, 9.17) is 23.9 Å². The lowest BCUT2D eigenvalue weighted by molar-refractivity contribution is -0.177. The third-order valence-corrected chi connectivity index (χ3v) is 13.6. The van der Waals surface area contributed by atoms with Crippen LogP contribution >= 0.6 is 11.3 Å². The summed E-state index contributed by atoms with van der Waals surface area (Å²) < 4.78 is 23.6. The lowest BCUT2D eigenvalue weighted by atomic mass is 9.65. The number of imide groups is 1. The number of phenols is 1. The second-order valence-electron chi connectivity index (χ2n) is 16.3. The number of esters is 1. The smallest absolute Gasteiger partial charge is 0.421 e. The van der Waals surface area contributed by atoms with Crippen LogP contribution in [0.25, 0.3) is 10.2 Å². The number of anilines is 2. The number of methoxy groups -OCH3 is 2. The Balaban J connectivity index is 1.26. The number of ether oxygens (including phenoxy) is 4. The minimum Gasteiger partial charge on any atom is -0.508 e. The molecule has 0 bridgehead atoms. The number of carbonyl (C=O) groups excluding carboxylic acids is 4. The molecular weight excluding hydrogens is 869 g/mol. The maximum atomic E-state index is 16.3. The molecule has 2 fully saturated rings. The number of nitrogens with one attached hydrogen (secondary N) is 1. The summed E-state index contributed by atoms with van der Waals surface area (Å²) in [6.45, 7) is -0.123. The highest BCUT2D eigenvalue weighted by Gasteiger charge is 2.76. The Bertz CT molecular complexity index is 3050. The highest BCUT2D eigenvalue weighted by Crippen LogP contribution is 2.66. The van der Waals surface area contributed by atoms with Gasteiger partial charge in [0.15, 0.2) is 5.13 Å². The molecule has 0 unspecified atom stereocenters. The van der Waals surface area contributed by atoms with Crippen molar-refractivity contribution in [1.29, 1.82) is 0 Å². The number of aromatic nitrogens is 1. The predicted molar refractivity (Wildman–Crippen MR) is 250 cm³/mol. The number of fused-ring (bicyclic) bond motifs is 4. The van der Waals surface area contributed by atoms with Crippen molar-refractivity contribution in [3.05, 3.63) is 185 Å². The number of morpholine rings is 1. The van der Waals surface area contributed by atoms with E-state index in [1.807, 2.05) is 102 Å². The largest absolute Gasteiger partial charge is 0.508 e. The van der Waals surface area contributed by atoms with Crippen molar-refractivity contribution >= 4 is 56.2 Å². The number of para-hydroxylation sites is 1. The maximum absolute atomic E-state index is 16.3. The quantitative estimate of drug-likeness (QED) is 0.0814. The Hall–Kier alpha value is -7.83. The zero-order valence-electron chi connectivity index (χ0n) is 36.2. The van der Waals surface area contributed by atoms with E-state index >= 15 is 14.4 Å². The number of carbonyl (C=O) groups is 4. The third-order valence-electron chi connectivity index (χ3n) is 12.6. The van der Waals surface area contributed by atoms with Gasteiger partial charge in [-0.3, -0.25) is 19.3 Å². The van der Waals surface area contributed by atoms with Crippen LogP contribution in [0.2, 0.25) is 0 Å². The van der Waals surface area contributed by atoms with Gasteiger partial charge in [-0.2, -0.15) is 0 Å². The molecule has 2 N–H and O–H groups in total. The summed E-state index contributed by atoms with van der Waals surface area (Å²) in [6, 6.07) is 41.4. The molecule has 6 aromatic carbocycles. The molecule has 6 atom stereocenters. The summed E-state index contributed by atoms with van der Waals surface area (Å²) in [4.78, 5) is 69.5. The normalized spacial score (nSPS) is 21.8. The van der Waals surface area contributed by atoms with Crippen LogP contribution in [0.1, 0.15) is 51.6 Å². The van der Waals surface area contributed by atoms with E-state index in [0.29, 0.717) is 33.5 Å². The van der Waals surface area contributed by atoms with E-state index in [2.05, 4.69) is 17.2 Å². The van der Waals surface area contributed by atoms with Crippen LogP contribution in [-0.4, -0.2) is 72.3 Å². The van der Waals surface area contributed by atoms with E-state index in [1.54, 1.807) is 49.6 Å². The second kappa shape index (κ2) is 17.9. The summed E-state index contributed by atoms with van der Waals surface area (Å²) in [5.74, 6) is 3.19. The first kappa shape index (κ1) is 43.1. The monoisotopic (exact) mass is 910 g/mol. The fourth-order valence-corrected chi connectivity index (χ4v) is 10.7. The fraction of sp³-hybridized carbons (Fsp3) is 0.189. The Labute approximate surface area is 389 Å². The molecule has 10 rings (SSSR count). The SMILES string of the molecule is COCCOC(=O)N1C(=O)[C@@]2(c3cc(C#Cc4ccc(OC)cc4)ccc31)[C@H](c1ccc(O)cc1)N1[C@H](c3ccccc3)[C@H](c3ccccc3)OC(=O)[C@H]1[C@@H]2C(=O)Nc1nc2ccccc2s1. The summed E-state index contributed by atoms with van der Waals surface area (Å²) in [5.41, 5.74) is 2.01. The number of hydrogen-bond acceptors (Lipinski definition) is 12. The van der Waals surface area contributed by atoms with Gasteiger partial charge in [-0.15, -0.1) is 0 Å². The predicted octanol–water partition coefficient (Wildman–Crippen LogP) is 8.50. The van der Waals surface area contributed by atoms with Crippen LogP contribution in [0.5, 0.6) is 11.5 Å². The Kier molecular flexibility index (Phi) is 11.5. The van der Waals surface area contributed by atoms with Gasteiger partial charge in [-0.25, -0.2) is 14.7 Å². The number of rotatable bonds is 9. The Morgan fingerprint density at radius 3 is 2.15 bits per heavy atom. The van der Waals surface area contributed by atoms with Crippen molar-refractivity contribution in [2.75, 3.05) is 37.7 Å². The number of benzene rings is 6. The van der Waals surface area contributed by atoms with Crippen LogP contribution in [0, 0.1) is 17.8 Å².